The monoisotopic (exact) mass is 499 g/mol. The van der Waals surface area contributed by atoms with Gasteiger partial charge in [0, 0.05) is 10.0 Å². The third kappa shape index (κ3) is 5.59. The molecule has 1 amide bonds. The van der Waals surface area contributed by atoms with E-state index in [1.165, 1.54) is 18.3 Å². The minimum absolute atomic E-state index is 0.112. The number of nitrogens with one attached hydrogen (secondary N) is 1. The number of nitrogens with zero attached hydrogens (tertiary/aromatic N) is 2. The normalized spacial score (nSPS) is 11.5. The van der Waals surface area contributed by atoms with Crippen molar-refractivity contribution >= 4 is 43.8 Å². The SMILES string of the molecule is Cc1ccc(C)c(N(CC(=O)N/N=C/c2ccccc2Br)S(=O)(=O)c2ccccc2)c1. The van der Waals surface area contributed by atoms with Crippen LogP contribution in [0.25, 0.3) is 0 Å². The summed E-state index contributed by atoms with van der Waals surface area (Å²) in [4.78, 5) is 12.7. The molecule has 0 bridgehead atoms. The van der Waals surface area contributed by atoms with Gasteiger partial charge in [-0.25, -0.2) is 13.8 Å². The van der Waals surface area contributed by atoms with E-state index in [0.29, 0.717) is 5.69 Å². The molecule has 3 aromatic rings. The molecule has 0 aromatic heterocycles. The molecule has 0 spiro atoms. The Hall–Kier alpha value is -2.97. The molecule has 0 aliphatic heterocycles. The van der Waals surface area contributed by atoms with Crippen LogP contribution in [0.1, 0.15) is 16.7 Å². The molecule has 0 radical (unpaired) electrons. The molecule has 160 valence electrons. The van der Waals surface area contributed by atoms with Crippen molar-refractivity contribution < 1.29 is 13.2 Å². The summed E-state index contributed by atoms with van der Waals surface area (Å²) in [5.74, 6) is -0.552. The van der Waals surface area contributed by atoms with Crippen LogP contribution in [0.4, 0.5) is 5.69 Å². The predicted molar refractivity (Wildman–Crippen MR) is 127 cm³/mol. The van der Waals surface area contributed by atoms with Crippen LogP contribution in [-0.4, -0.2) is 27.1 Å². The van der Waals surface area contributed by atoms with E-state index >= 15 is 0 Å². The number of aryl methyl sites for hydroxylation is 2. The number of hydrazone groups is 1. The lowest BCUT2D eigenvalue weighted by Gasteiger charge is -2.25. The van der Waals surface area contributed by atoms with Gasteiger partial charge in [0.25, 0.3) is 15.9 Å². The lowest BCUT2D eigenvalue weighted by Crippen LogP contribution is -2.40. The first-order valence-corrected chi connectivity index (χ1v) is 11.7. The summed E-state index contributed by atoms with van der Waals surface area (Å²) < 4.78 is 28.7. The van der Waals surface area contributed by atoms with Crippen LogP contribution in [0.15, 0.2) is 87.3 Å². The van der Waals surface area contributed by atoms with E-state index in [1.807, 2.05) is 50.2 Å². The second-order valence-electron chi connectivity index (χ2n) is 6.93. The maximum atomic E-state index is 13.4. The van der Waals surface area contributed by atoms with Crippen molar-refractivity contribution in [2.75, 3.05) is 10.8 Å². The third-order valence-electron chi connectivity index (χ3n) is 4.55. The van der Waals surface area contributed by atoms with Crippen LogP contribution in [-0.2, 0) is 14.8 Å². The largest absolute Gasteiger partial charge is 0.271 e. The van der Waals surface area contributed by atoms with E-state index in [-0.39, 0.29) is 4.90 Å². The summed E-state index contributed by atoms with van der Waals surface area (Å²) in [5, 5.41) is 3.97. The van der Waals surface area contributed by atoms with Gasteiger partial charge in [-0.05, 0) is 49.2 Å². The van der Waals surface area contributed by atoms with Gasteiger partial charge in [-0.15, -0.1) is 0 Å². The van der Waals surface area contributed by atoms with Crippen LogP contribution in [0, 0.1) is 13.8 Å². The molecule has 6 nitrogen and oxygen atoms in total. The molecule has 0 saturated heterocycles. The first-order valence-electron chi connectivity index (χ1n) is 9.50. The van der Waals surface area contributed by atoms with Gasteiger partial charge in [-0.1, -0.05) is 64.5 Å². The van der Waals surface area contributed by atoms with E-state index in [9.17, 15) is 13.2 Å². The van der Waals surface area contributed by atoms with Crippen LogP contribution in [0.5, 0.6) is 0 Å². The van der Waals surface area contributed by atoms with E-state index in [2.05, 4.69) is 26.5 Å². The van der Waals surface area contributed by atoms with Gasteiger partial charge >= 0.3 is 0 Å². The second-order valence-corrected chi connectivity index (χ2v) is 9.65. The fraction of sp³-hybridized carbons (Fsp3) is 0.130. The highest BCUT2D eigenvalue weighted by Gasteiger charge is 2.28. The van der Waals surface area contributed by atoms with Crippen molar-refractivity contribution in [3.05, 3.63) is 94.0 Å². The van der Waals surface area contributed by atoms with Crippen LogP contribution in [0.2, 0.25) is 0 Å². The summed E-state index contributed by atoms with van der Waals surface area (Å²) in [6.07, 6.45) is 1.50. The Kier molecular flexibility index (Phi) is 7.25. The lowest BCUT2D eigenvalue weighted by atomic mass is 10.1. The number of halogens is 1. The van der Waals surface area contributed by atoms with Gasteiger partial charge in [0.05, 0.1) is 16.8 Å². The fourth-order valence-electron chi connectivity index (χ4n) is 2.93. The minimum atomic E-state index is -3.96. The first kappa shape index (κ1) is 22.7. The van der Waals surface area contributed by atoms with Gasteiger partial charge in [0.2, 0.25) is 0 Å². The van der Waals surface area contributed by atoms with Crippen molar-refractivity contribution in [3.63, 3.8) is 0 Å². The fourth-order valence-corrected chi connectivity index (χ4v) is 4.81. The number of carbonyl (C=O) groups is 1. The number of hydrogen-bond acceptors (Lipinski definition) is 4. The minimum Gasteiger partial charge on any atom is -0.271 e. The average Bonchev–Trinajstić information content (AvgIpc) is 2.76. The van der Waals surface area contributed by atoms with Gasteiger partial charge in [0.15, 0.2) is 0 Å². The van der Waals surface area contributed by atoms with E-state index in [4.69, 9.17) is 0 Å². The molecule has 0 atom stereocenters. The zero-order chi connectivity index (χ0) is 22.4. The first-order chi connectivity index (χ1) is 14.8. The standard InChI is InChI=1S/C23H22BrN3O3S/c1-17-12-13-18(2)22(14-17)27(31(29,30)20-9-4-3-5-10-20)16-23(28)26-25-15-19-8-6-7-11-21(19)24/h3-15H,16H2,1-2H3,(H,26,28)/b25-15+. The zero-order valence-electron chi connectivity index (χ0n) is 17.1. The lowest BCUT2D eigenvalue weighted by molar-refractivity contribution is -0.119. The maximum Gasteiger partial charge on any atom is 0.264 e. The topological polar surface area (TPSA) is 78.8 Å². The number of amides is 1. The molecule has 0 aliphatic rings. The number of hydrogen-bond donors (Lipinski definition) is 1. The Bertz CT molecular complexity index is 1210. The third-order valence-corrected chi connectivity index (χ3v) is 7.05. The maximum absolute atomic E-state index is 13.4. The summed E-state index contributed by atoms with van der Waals surface area (Å²) in [6.45, 7) is 3.28. The number of sulfonamides is 1. The number of benzene rings is 3. The van der Waals surface area contributed by atoms with Crippen LogP contribution < -0.4 is 9.73 Å². The van der Waals surface area contributed by atoms with E-state index in [0.717, 1.165) is 25.5 Å². The van der Waals surface area contributed by atoms with Crippen molar-refractivity contribution in [2.24, 2.45) is 5.10 Å². The van der Waals surface area contributed by atoms with Crippen LogP contribution in [0.3, 0.4) is 0 Å². The molecule has 3 aromatic carbocycles. The number of carbonyl (C=O) groups excluding carboxylic acids is 1. The highest BCUT2D eigenvalue weighted by molar-refractivity contribution is 9.10. The molecule has 8 heteroatoms. The highest BCUT2D eigenvalue weighted by atomic mass is 79.9. The Balaban J connectivity index is 1.89. The molecule has 31 heavy (non-hydrogen) atoms. The highest BCUT2D eigenvalue weighted by Crippen LogP contribution is 2.27. The van der Waals surface area contributed by atoms with Crippen molar-refractivity contribution in [1.82, 2.24) is 5.43 Å². The summed E-state index contributed by atoms with van der Waals surface area (Å²) >= 11 is 3.41. The summed E-state index contributed by atoms with van der Waals surface area (Å²) in [6, 6.07) is 21.0. The van der Waals surface area contributed by atoms with Gasteiger partial charge in [-0.3, -0.25) is 9.10 Å². The van der Waals surface area contributed by atoms with Crippen molar-refractivity contribution in [3.8, 4) is 0 Å². The molecule has 0 aliphatic carbocycles. The second kappa shape index (κ2) is 9.89. The van der Waals surface area contributed by atoms with Crippen molar-refractivity contribution in [1.29, 1.82) is 0 Å². The van der Waals surface area contributed by atoms with Crippen LogP contribution >= 0.6 is 15.9 Å². The zero-order valence-corrected chi connectivity index (χ0v) is 19.5. The average molecular weight is 500 g/mol. The number of anilines is 1. The van der Waals surface area contributed by atoms with Crippen molar-refractivity contribution in [2.45, 2.75) is 18.7 Å². The summed E-state index contributed by atoms with van der Waals surface area (Å²) in [5.41, 5.74) is 5.29. The molecule has 0 fully saturated rings. The Morgan fingerprint density at radius 3 is 2.42 bits per heavy atom. The van der Waals surface area contributed by atoms with Gasteiger partial charge < -0.3 is 0 Å². The molecular formula is C23H22BrN3O3S. The molecular weight excluding hydrogens is 478 g/mol. The summed E-state index contributed by atoms with van der Waals surface area (Å²) in [7, 11) is -3.96. The van der Waals surface area contributed by atoms with E-state index < -0.39 is 22.5 Å². The Morgan fingerprint density at radius 2 is 1.71 bits per heavy atom. The molecule has 0 saturated carbocycles. The predicted octanol–water partition coefficient (Wildman–Crippen LogP) is 4.41. The number of rotatable bonds is 7. The van der Waals surface area contributed by atoms with Gasteiger partial charge in [0.1, 0.15) is 6.54 Å². The Morgan fingerprint density at radius 1 is 1.03 bits per heavy atom. The van der Waals surface area contributed by atoms with Gasteiger partial charge in [-0.2, -0.15) is 5.10 Å². The Labute approximate surface area is 190 Å². The molecule has 1 N–H and O–H groups in total. The molecule has 0 heterocycles. The molecule has 3 rings (SSSR count). The quantitative estimate of drug-likeness (QED) is 0.386. The molecule has 0 unspecified atom stereocenters. The smallest absolute Gasteiger partial charge is 0.264 e. The van der Waals surface area contributed by atoms with E-state index in [1.54, 1.807) is 24.3 Å².